The van der Waals surface area contributed by atoms with E-state index in [1.807, 2.05) is 0 Å². The zero-order valence-electron chi connectivity index (χ0n) is 13.8. The van der Waals surface area contributed by atoms with Crippen molar-refractivity contribution in [2.75, 3.05) is 4.90 Å². The van der Waals surface area contributed by atoms with Crippen LogP contribution in [0.4, 0.5) is 5.69 Å². The molecule has 0 bridgehead atoms. The average molecular weight is 441 g/mol. The van der Waals surface area contributed by atoms with Crippen molar-refractivity contribution in [1.82, 2.24) is 0 Å². The predicted molar refractivity (Wildman–Crippen MR) is 107 cm³/mol. The van der Waals surface area contributed by atoms with Crippen molar-refractivity contribution in [3.05, 3.63) is 98.5 Å². The maximum Gasteiger partial charge on any atom is 0.267 e. The maximum atomic E-state index is 13.0. The highest BCUT2D eigenvalue weighted by Gasteiger charge is 2.39. The number of carbonyl (C=O) groups excluding carboxylic acids is 3. The second-order valence-electron chi connectivity index (χ2n) is 5.96. The van der Waals surface area contributed by atoms with Gasteiger partial charge < -0.3 is 0 Å². The van der Waals surface area contributed by atoms with Gasteiger partial charge in [-0.05, 0) is 46.3 Å². The van der Waals surface area contributed by atoms with Gasteiger partial charge in [0.1, 0.15) is 0 Å². The zero-order valence-corrected chi connectivity index (χ0v) is 16.1. The van der Waals surface area contributed by atoms with Gasteiger partial charge in [-0.1, -0.05) is 48.0 Å². The number of imide groups is 1. The minimum atomic E-state index is -0.480. The van der Waals surface area contributed by atoms with E-state index in [4.69, 9.17) is 11.6 Å². The lowest BCUT2D eigenvalue weighted by atomic mass is 10.0. The first-order valence-corrected chi connectivity index (χ1v) is 9.22. The van der Waals surface area contributed by atoms with Crippen LogP contribution in [-0.2, 0) is 0 Å². The summed E-state index contributed by atoms with van der Waals surface area (Å²) < 4.78 is 0.533. The number of ketones is 1. The molecule has 4 nitrogen and oxygen atoms in total. The van der Waals surface area contributed by atoms with Gasteiger partial charge in [-0.2, -0.15) is 0 Å². The van der Waals surface area contributed by atoms with Crippen LogP contribution < -0.4 is 4.90 Å². The number of hydrogen-bond acceptors (Lipinski definition) is 3. The fraction of sp³-hybridized carbons (Fsp3) is 0. The molecule has 0 atom stereocenters. The van der Waals surface area contributed by atoms with E-state index in [0.717, 1.165) is 4.90 Å². The van der Waals surface area contributed by atoms with Crippen LogP contribution in [0.1, 0.15) is 36.6 Å². The van der Waals surface area contributed by atoms with Crippen LogP contribution in [-0.4, -0.2) is 17.6 Å². The van der Waals surface area contributed by atoms with Gasteiger partial charge in [0.2, 0.25) is 0 Å². The quantitative estimate of drug-likeness (QED) is 0.419. The van der Waals surface area contributed by atoms with Gasteiger partial charge in [-0.15, -0.1) is 0 Å². The summed E-state index contributed by atoms with van der Waals surface area (Å²) in [4.78, 5) is 39.9. The van der Waals surface area contributed by atoms with Gasteiger partial charge in [-0.25, -0.2) is 4.90 Å². The summed E-state index contributed by atoms with van der Waals surface area (Å²) in [6.45, 7) is 0. The molecule has 2 amide bonds. The molecule has 0 saturated carbocycles. The number of nitrogens with zero attached hydrogens (tertiary/aromatic N) is 1. The molecule has 1 aliphatic rings. The van der Waals surface area contributed by atoms with Gasteiger partial charge in [0, 0.05) is 20.6 Å². The van der Waals surface area contributed by atoms with Crippen LogP contribution in [0.15, 0.2) is 71.2 Å². The highest BCUT2D eigenvalue weighted by molar-refractivity contribution is 9.10. The van der Waals surface area contributed by atoms with E-state index in [-0.39, 0.29) is 22.6 Å². The summed E-state index contributed by atoms with van der Waals surface area (Å²) in [5.74, 6) is -1.27. The molecule has 27 heavy (non-hydrogen) atoms. The van der Waals surface area contributed by atoms with Crippen LogP contribution in [0.5, 0.6) is 0 Å². The largest absolute Gasteiger partial charge is 0.289 e. The van der Waals surface area contributed by atoms with Crippen molar-refractivity contribution in [2.45, 2.75) is 0 Å². The molecule has 132 valence electrons. The van der Waals surface area contributed by atoms with E-state index < -0.39 is 11.8 Å². The Hall–Kier alpha value is -2.76. The Balaban J connectivity index is 1.87. The van der Waals surface area contributed by atoms with Crippen molar-refractivity contribution < 1.29 is 14.4 Å². The average Bonchev–Trinajstić information content (AvgIpc) is 2.94. The number of hydrogen-bond donors (Lipinski definition) is 0. The van der Waals surface area contributed by atoms with Crippen LogP contribution in [0, 0.1) is 0 Å². The molecule has 0 spiro atoms. The number of rotatable bonds is 3. The fourth-order valence-corrected chi connectivity index (χ4v) is 3.80. The molecule has 4 rings (SSSR count). The highest BCUT2D eigenvalue weighted by atomic mass is 79.9. The molecule has 0 N–H and O–H groups in total. The smallest absolute Gasteiger partial charge is 0.267 e. The number of halogens is 2. The van der Waals surface area contributed by atoms with Gasteiger partial charge in [0.25, 0.3) is 11.8 Å². The van der Waals surface area contributed by atoms with Crippen LogP contribution in [0.2, 0.25) is 5.02 Å². The van der Waals surface area contributed by atoms with Gasteiger partial charge in [0.15, 0.2) is 5.78 Å². The third kappa shape index (κ3) is 2.89. The number of carbonyl (C=O) groups is 3. The van der Waals surface area contributed by atoms with Gasteiger partial charge in [-0.3, -0.25) is 14.4 Å². The van der Waals surface area contributed by atoms with Gasteiger partial charge in [0.05, 0.1) is 16.8 Å². The van der Waals surface area contributed by atoms with E-state index in [1.165, 1.54) is 12.1 Å². The van der Waals surface area contributed by atoms with Crippen molar-refractivity contribution >= 4 is 50.8 Å². The fourth-order valence-electron chi connectivity index (χ4n) is 3.09. The van der Waals surface area contributed by atoms with Crippen molar-refractivity contribution in [3.63, 3.8) is 0 Å². The van der Waals surface area contributed by atoms with E-state index >= 15 is 0 Å². The van der Waals surface area contributed by atoms with Crippen molar-refractivity contribution in [2.24, 2.45) is 0 Å². The Morgan fingerprint density at radius 2 is 1.63 bits per heavy atom. The summed E-state index contributed by atoms with van der Waals surface area (Å²) >= 11 is 9.42. The lowest BCUT2D eigenvalue weighted by molar-refractivity contribution is 0.0926. The van der Waals surface area contributed by atoms with Crippen molar-refractivity contribution in [3.8, 4) is 0 Å². The molecular weight excluding hydrogens is 430 g/mol. The van der Waals surface area contributed by atoms with Crippen molar-refractivity contribution in [1.29, 1.82) is 0 Å². The normalized spacial score (nSPS) is 13.0. The molecule has 3 aromatic carbocycles. The first-order chi connectivity index (χ1) is 13.0. The molecule has 0 radical (unpaired) electrons. The molecule has 0 fully saturated rings. The highest BCUT2D eigenvalue weighted by Crippen LogP contribution is 2.36. The molecule has 3 aromatic rings. The molecule has 6 heteroatoms. The number of anilines is 1. The molecule has 0 saturated heterocycles. The second-order valence-corrected chi connectivity index (χ2v) is 7.26. The summed E-state index contributed by atoms with van der Waals surface area (Å²) in [6.07, 6.45) is 0. The van der Waals surface area contributed by atoms with E-state index in [9.17, 15) is 14.4 Å². The second kappa shape index (κ2) is 6.76. The molecule has 1 heterocycles. The predicted octanol–water partition coefficient (Wildman–Crippen LogP) is 5.13. The van der Waals surface area contributed by atoms with Crippen LogP contribution in [0.3, 0.4) is 0 Å². The summed E-state index contributed by atoms with van der Waals surface area (Å²) in [5.41, 5.74) is 1.43. The van der Waals surface area contributed by atoms with Crippen LogP contribution in [0.25, 0.3) is 0 Å². The van der Waals surface area contributed by atoms with E-state index in [2.05, 4.69) is 15.9 Å². The number of fused-ring (bicyclic) bond motifs is 1. The number of benzene rings is 3. The summed E-state index contributed by atoms with van der Waals surface area (Å²) in [5, 5.41) is 0.343. The zero-order chi connectivity index (χ0) is 19.1. The SMILES string of the molecule is O=C(c1ccccc1)c1cc(Cl)ccc1N1C(=O)c2cccc(Br)c2C1=O. The third-order valence-electron chi connectivity index (χ3n) is 4.34. The standard InChI is InChI=1S/C21H11BrClNO3/c22-16-8-4-7-14-18(16)21(27)24(20(14)26)17-10-9-13(23)11-15(17)19(25)12-5-2-1-3-6-12/h1-11H. The molecule has 0 aromatic heterocycles. The first-order valence-electron chi connectivity index (χ1n) is 8.05. The van der Waals surface area contributed by atoms with E-state index in [0.29, 0.717) is 20.6 Å². The number of amides is 2. The summed E-state index contributed by atoms with van der Waals surface area (Å²) in [7, 11) is 0. The monoisotopic (exact) mass is 439 g/mol. The topological polar surface area (TPSA) is 54.5 Å². The Labute approximate surface area is 168 Å². The molecule has 0 aliphatic carbocycles. The first kappa shape index (κ1) is 17.6. The minimum absolute atomic E-state index is 0.194. The Morgan fingerprint density at radius 3 is 2.33 bits per heavy atom. The Bertz CT molecular complexity index is 1110. The minimum Gasteiger partial charge on any atom is -0.289 e. The van der Waals surface area contributed by atoms with Crippen LogP contribution >= 0.6 is 27.5 Å². The lowest BCUT2D eigenvalue weighted by Gasteiger charge is -2.18. The molecule has 1 aliphatic heterocycles. The summed E-state index contributed by atoms with van der Waals surface area (Å²) in [6, 6.07) is 18.2. The van der Waals surface area contributed by atoms with E-state index in [1.54, 1.807) is 54.6 Å². The molecular formula is C21H11BrClNO3. The molecule has 0 unspecified atom stereocenters. The Kier molecular flexibility index (Phi) is 4.42. The lowest BCUT2D eigenvalue weighted by Crippen LogP contribution is -2.31. The maximum absolute atomic E-state index is 13.0. The van der Waals surface area contributed by atoms with Gasteiger partial charge >= 0.3 is 0 Å². The third-order valence-corrected chi connectivity index (χ3v) is 5.24. The Morgan fingerprint density at radius 1 is 0.889 bits per heavy atom.